The molecule has 22 heavy (non-hydrogen) atoms. The summed E-state index contributed by atoms with van der Waals surface area (Å²) in [5, 5.41) is 5.31. The zero-order valence-electron chi connectivity index (χ0n) is 12.7. The first-order valence-electron chi connectivity index (χ1n) is 7.42. The Morgan fingerprint density at radius 2 is 2.00 bits per heavy atom. The van der Waals surface area contributed by atoms with E-state index >= 15 is 0 Å². The largest absolute Gasteiger partial charge is 0.325 e. The molecular formula is C16H19N3O3. The van der Waals surface area contributed by atoms with E-state index in [0.29, 0.717) is 5.69 Å². The number of amides is 4. The molecule has 2 N–H and O–H groups in total. The number of hydrogen-bond donors (Lipinski definition) is 2. The summed E-state index contributed by atoms with van der Waals surface area (Å²) >= 11 is 0. The topological polar surface area (TPSA) is 78.5 Å². The van der Waals surface area contributed by atoms with Gasteiger partial charge >= 0.3 is 6.03 Å². The van der Waals surface area contributed by atoms with Crippen LogP contribution in [0.1, 0.15) is 31.4 Å². The number of benzene rings is 1. The van der Waals surface area contributed by atoms with Gasteiger partial charge in [0, 0.05) is 5.69 Å². The van der Waals surface area contributed by atoms with Crippen LogP contribution in [0.15, 0.2) is 18.2 Å². The molecule has 0 aromatic heterocycles. The van der Waals surface area contributed by atoms with E-state index in [0.717, 1.165) is 24.2 Å². The number of hydrogen-bond acceptors (Lipinski definition) is 3. The summed E-state index contributed by atoms with van der Waals surface area (Å²) in [5.74, 6) is -0.763. The van der Waals surface area contributed by atoms with Crippen LogP contribution in [0.4, 0.5) is 10.5 Å². The number of carbonyl (C=O) groups excluding carboxylic acids is 3. The monoisotopic (exact) mass is 301 g/mol. The Hall–Kier alpha value is -2.37. The number of nitrogens with zero attached hydrogens (tertiary/aromatic N) is 1. The van der Waals surface area contributed by atoms with Gasteiger partial charge in [-0.3, -0.25) is 14.5 Å². The van der Waals surface area contributed by atoms with Crippen molar-refractivity contribution in [2.45, 2.75) is 38.6 Å². The average Bonchev–Trinajstić information content (AvgIpc) is 2.97. The molecular weight excluding hydrogens is 282 g/mol. The number of aryl methyl sites for hydroxylation is 2. The predicted octanol–water partition coefficient (Wildman–Crippen LogP) is 1.44. The van der Waals surface area contributed by atoms with Gasteiger partial charge in [-0.05, 0) is 56.4 Å². The normalized spacial score (nSPS) is 19.1. The summed E-state index contributed by atoms with van der Waals surface area (Å²) in [6.07, 6.45) is 3.26. The van der Waals surface area contributed by atoms with Crippen molar-refractivity contribution >= 4 is 23.5 Å². The molecule has 1 aliphatic heterocycles. The molecule has 1 aromatic rings. The molecule has 4 amide bonds. The van der Waals surface area contributed by atoms with Crippen LogP contribution in [-0.2, 0) is 22.4 Å². The van der Waals surface area contributed by atoms with E-state index in [2.05, 4.69) is 10.6 Å². The lowest BCUT2D eigenvalue weighted by molar-refractivity contribution is -0.132. The standard InChI is InChI=1S/C16H19N3O3/c1-16(2)14(21)19(15(22)18-16)9-13(20)17-12-7-6-10-4-3-5-11(10)8-12/h6-8H,3-5,9H2,1-2H3,(H,17,20)(H,18,22). The first-order valence-corrected chi connectivity index (χ1v) is 7.42. The number of carbonyl (C=O) groups is 3. The van der Waals surface area contributed by atoms with Crippen molar-refractivity contribution in [2.24, 2.45) is 0 Å². The number of imide groups is 1. The Morgan fingerprint density at radius 3 is 2.68 bits per heavy atom. The van der Waals surface area contributed by atoms with Crippen LogP contribution in [0, 0.1) is 0 Å². The summed E-state index contributed by atoms with van der Waals surface area (Å²) < 4.78 is 0. The fourth-order valence-electron chi connectivity index (χ4n) is 2.96. The van der Waals surface area contributed by atoms with Gasteiger partial charge in [-0.15, -0.1) is 0 Å². The lowest BCUT2D eigenvalue weighted by Crippen LogP contribution is -2.41. The van der Waals surface area contributed by atoms with Gasteiger partial charge in [0.1, 0.15) is 12.1 Å². The van der Waals surface area contributed by atoms with Gasteiger partial charge in [0.05, 0.1) is 0 Å². The van der Waals surface area contributed by atoms with Crippen LogP contribution < -0.4 is 10.6 Å². The molecule has 116 valence electrons. The van der Waals surface area contributed by atoms with Crippen molar-refractivity contribution in [2.75, 3.05) is 11.9 Å². The van der Waals surface area contributed by atoms with Crippen molar-refractivity contribution in [1.29, 1.82) is 0 Å². The maximum Gasteiger partial charge on any atom is 0.325 e. The molecule has 3 rings (SSSR count). The highest BCUT2D eigenvalue weighted by Gasteiger charge is 2.44. The van der Waals surface area contributed by atoms with Crippen LogP contribution in [0.25, 0.3) is 0 Å². The molecule has 1 fully saturated rings. The van der Waals surface area contributed by atoms with Gasteiger partial charge in [0.15, 0.2) is 0 Å². The third-order valence-corrected chi connectivity index (χ3v) is 4.13. The molecule has 0 atom stereocenters. The minimum Gasteiger partial charge on any atom is -0.325 e. The summed E-state index contributed by atoms with van der Waals surface area (Å²) in [7, 11) is 0. The number of anilines is 1. The Balaban J connectivity index is 1.66. The zero-order chi connectivity index (χ0) is 15.9. The first kappa shape index (κ1) is 14.6. The highest BCUT2D eigenvalue weighted by Crippen LogP contribution is 2.25. The molecule has 6 heteroatoms. The molecule has 6 nitrogen and oxygen atoms in total. The van der Waals surface area contributed by atoms with Crippen molar-refractivity contribution in [3.63, 3.8) is 0 Å². The molecule has 0 spiro atoms. The average molecular weight is 301 g/mol. The van der Waals surface area contributed by atoms with Crippen LogP contribution in [0.3, 0.4) is 0 Å². The third kappa shape index (κ3) is 2.56. The quantitative estimate of drug-likeness (QED) is 0.829. The van der Waals surface area contributed by atoms with E-state index in [1.807, 2.05) is 18.2 Å². The number of fused-ring (bicyclic) bond motifs is 1. The van der Waals surface area contributed by atoms with E-state index in [9.17, 15) is 14.4 Å². The highest BCUT2D eigenvalue weighted by atomic mass is 16.2. The number of rotatable bonds is 3. The lowest BCUT2D eigenvalue weighted by Gasteiger charge is -2.16. The molecule has 2 aliphatic rings. The summed E-state index contributed by atoms with van der Waals surface area (Å²) in [6.45, 7) is 2.96. The van der Waals surface area contributed by atoms with Gasteiger partial charge in [-0.2, -0.15) is 0 Å². The van der Waals surface area contributed by atoms with Crippen molar-refractivity contribution in [3.05, 3.63) is 29.3 Å². The molecule has 1 aliphatic carbocycles. The maximum absolute atomic E-state index is 12.1. The second kappa shape index (κ2) is 5.12. The molecule has 0 radical (unpaired) electrons. The van der Waals surface area contributed by atoms with Gasteiger partial charge < -0.3 is 10.6 Å². The van der Waals surface area contributed by atoms with E-state index in [1.54, 1.807) is 13.8 Å². The molecule has 1 heterocycles. The Kier molecular flexibility index (Phi) is 3.39. The first-order chi connectivity index (χ1) is 10.4. The zero-order valence-corrected chi connectivity index (χ0v) is 12.7. The Morgan fingerprint density at radius 1 is 1.27 bits per heavy atom. The van der Waals surface area contributed by atoms with Crippen LogP contribution >= 0.6 is 0 Å². The fraction of sp³-hybridized carbons (Fsp3) is 0.438. The predicted molar refractivity (Wildman–Crippen MR) is 81.4 cm³/mol. The second-order valence-corrected chi connectivity index (χ2v) is 6.33. The smallest absolute Gasteiger partial charge is 0.325 e. The van der Waals surface area contributed by atoms with Crippen LogP contribution in [0.5, 0.6) is 0 Å². The van der Waals surface area contributed by atoms with Crippen LogP contribution in [0.2, 0.25) is 0 Å². The molecule has 1 aromatic carbocycles. The summed E-state index contributed by atoms with van der Waals surface area (Å²) in [5.41, 5.74) is 2.34. The Labute approximate surface area is 128 Å². The summed E-state index contributed by atoms with van der Waals surface area (Å²) in [6, 6.07) is 5.32. The molecule has 0 unspecified atom stereocenters. The van der Waals surface area contributed by atoms with E-state index in [-0.39, 0.29) is 18.4 Å². The lowest BCUT2D eigenvalue weighted by atomic mass is 10.1. The molecule has 0 saturated carbocycles. The molecule has 1 saturated heterocycles. The van der Waals surface area contributed by atoms with E-state index in [4.69, 9.17) is 0 Å². The van der Waals surface area contributed by atoms with Gasteiger partial charge in [-0.1, -0.05) is 6.07 Å². The highest BCUT2D eigenvalue weighted by molar-refractivity contribution is 6.09. The van der Waals surface area contributed by atoms with E-state index in [1.165, 1.54) is 11.1 Å². The van der Waals surface area contributed by atoms with Crippen LogP contribution in [-0.4, -0.2) is 34.8 Å². The number of urea groups is 1. The Bertz CT molecular complexity index is 667. The second-order valence-electron chi connectivity index (χ2n) is 6.33. The van der Waals surface area contributed by atoms with Crippen molar-refractivity contribution in [1.82, 2.24) is 10.2 Å². The van der Waals surface area contributed by atoms with Gasteiger partial charge in [0.2, 0.25) is 5.91 Å². The maximum atomic E-state index is 12.1. The van der Waals surface area contributed by atoms with E-state index < -0.39 is 11.6 Å². The third-order valence-electron chi connectivity index (χ3n) is 4.13. The summed E-state index contributed by atoms with van der Waals surface area (Å²) in [4.78, 5) is 36.8. The van der Waals surface area contributed by atoms with Crippen molar-refractivity contribution < 1.29 is 14.4 Å². The molecule has 0 bridgehead atoms. The SMILES string of the molecule is CC1(C)NC(=O)N(CC(=O)Nc2ccc3c(c2)CCC3)C1=O. The van der Waals surface area contributed by atoms with Gasteiger partial charge in [-0.25, -0.2) is 4.79 Å². The number of nitrogens with one attached hydrogen (secondary N) is 2. The minimum absolute atomic E-state index is 0.273. The minimum atomic E-state index is -0.953. The van der Waals surface area contributed by atoms with Gasteiger partial charge in [0.25, 0.3) is 5.91 Å². The van der Waals surface area contributed by atoms with Crippen molar-refractivity contribution in [3.8, 4) is 0 Å². The fourth-order valence-corrected chi connectivity index (χ4v) is 2.96.